The summed E-state index contributed by atoms with van der Waals surface area (Å²) in [5, 5.41) is 13.7. The zero-order valence-corrected chi connectivity index (χ0v) is 12.0. The Bertz CT molecular complexity index is 411. The van der Waals surface area contributed by atoms with Crippen molar-refractivity contribution in [1.29, 1.82) is 0 Å². The molecule has 3 nitrogen and oxygen atoms in total. The van der Waals surface area contributed by atoms with Crippen LogP contribution in [0.25, 0.3) is 0 Å². The van der Waals surface area contributed by atoms with E-state index in [-0.39, 0.29) is 0 Å². The zero-order valence-electron chi connectivity index (χ0n) is 12.0. The van der Waals surface area contributed by atoms with Gasteiger partial charge in [0.1, 0.15) is 12.4 Å². The lowest BCUT2D eigenvalue weighted by molar-refractivity contribution is 0.00111. The summed E-state index contributed by atoms with van der Waals surface area (Å²) < 4.78 is 5.89. The highest BCUT2D eigenvalue weighted by Crippen LogP contribution is 2.31. The Morgan fingerprint density at radius 1 is 1.32 bits per heavy atom. The molecule has 0 heterocycles. The summed E-state index contributed by atoms with van der Waals surface area (Å²) in [5.41, 5.74) is 1.80. The Hall–Kier alpha value is -1.06. The van der Waals surface area contributed by atoms with Crippen molar-refractivity contribution >= 4 is 0 Å². The minimum absolute atomic E-state index is 0.412. The quantitative estimate of drug-likeness (QED) is 0.829. The first-order valence-corrected chi connectivity index (χ1v) is 7.28. The van der Waals surface area contributed by atoms with Crippen LogP contribution in [0.1, 0.15) is 43.7 Å². The molecule has 1 saturated carbocycles. The van der Waals surface area contributed by atoms with Crippen LogP contribution in [0.4, 0.5) is 0 Å². The summed E-state index contributed by atoms with van der Waals surface area (Å²) in [6.45, 7) is 6.35. The minimum Gasteiger partial charge on any atom is -0.490 e. The van der Waals surface area contributed by atoms with Gasteiger partial charge in [-0.05, 0) is 32.4 Å². The van der Waals surface area contributed by atoms with Crippen LogP contribution in [0.15, 0.2) is 18.2 Å². The van der Waals surface area contributed by atoms with Crippen LogP contribution < -0.4 is 10.1 Å². The Morgan fingerprint density at radius 3 is 2.74 bits per heavy atom. The van der Waals surface area contributed by atoms with E-state index in [1.807, 2.05) is 6.07 Å². The molecule has 0 atom stereocenters. The van der Waals surface area contributed by atoms with Crippen LogP contribution in [-0.2, 0) is 6.54 Å². The molecule has 3 heteroatoms. The lowest BCUT2D eigenvalue weighted by Crippen LogP contribution is -2.32. The molecule has 0 saturated heterocycles. The van der Waals surface area contributed by atoms with E-state index in [0.29, 0.717) is 6.61 Å². The molecule has 2 N–H and O–H groups in total. The molecule has 0 aliphatic heterocycles. The highest BCUT2D eigenvalue weighted by molar-refractivity contribution is 5.37. The van der Waals surface area contributed by atoms with Crippen molar-refractivity contribution in [3.63, 3.8) is 0 Å². The topological polar surface area (TPSA) is 41.5 Å². The number of benzene rings is 1. The van der Waals surface area contributed by atoms with Gasteiger partial charge in [-0.3, -0.25) is 0 Å². The maximum absolute atomic E-state index is 10.3. The molecular formula is C16H25NO2. The van der Waals surface area contributed by atoms with Crippen LogP contribution in [0.2, 0.25) is 0 Å². The van der Waals surface area contributed by atoms with Gasteiger partial charge in [0.2, 0.25) is 0 Å². The lowest BCUT2D eigenvalue weighted by atomic mass is 10.0. The smallest absolute Gasteiger partial charge is 0.123 e. The van der Waals surface area contributed by atoms with Crippen molar-refractivity contribution in [2.75, 3.05) is 13.2 Å². The van der Waals surface area contributed by atoms with Gasteiger partial charge in [0.25, 0.3) is 0 Å². The predicted octanol–water partition coefficient (Wildman–Crippen LogP) is 2.79. The lowest BCUT2D eigenvalue weighted by Gasteiger charge is -2.23. The van der Waals surface area contributed by atoms with Crippen molar-refractivity contribution in [2.24, 2.45) is 0 Å². The van der Waals surface area contributed by atoms with Gasteiger partial charge in [0.05, 0.1) is 5.60 Å². The van der Waals surface area contributed by atoms with Crippen molar-refractivity contribution in [3.05, 3.63) is 29.3 Å². The third kappa shape index (κ3) is 3.95. The molecule has 0 aromatic heterocycles. The maximum atomic E-state index is 10.3. The summed E-state index contributed by atoms with van der Waals surface area (Å²) in [7, 11) is 0. The van der Waals surface area contributed by atoms with Crippen LogP contribution in [0.5, 0.6) is 5.75 Å². The third-order valence-corrected chi connectivity index (χ3v) is 3.81. The molecule has 0 unspecified atom stereocenters. The van der Waals surface area contributed by atoms with Gasteiger partial charge in [-0.1, -0.05) is 37.5 Å². The van der Waals surface area contributed by atoms with E-state index in [4.69, 9.17) is 4.74 Å². The van der Waals surface area contributed by atoms with Crippen LogP contribution in [0, 0.1) is 6.92 Å². The number of hydrogen-bond acceptors (Lipinski definition) is 3. The van der Waals surface area contributed by atoms with Gasteiger partial charge in [0.15, 0.2) is 0 Å². The monoisotopic (exact) mass is 263 g/mol. The van der Waals surface area contributed by atoms with E-state index in [2.05, 4.69) is 31.3 Å². The Labute approximate surface area is 116 Å². The first-order valence-electron chi connectivity index (χ1n) is 7.28. The average molecular weight is 263 g/mol. The fraction of sp³-hybridized carbons (Fsp3) is 0.625. The molecule has 0 bridgehead atoms. The average Bonchev–Trinajstić information content (AvgIpc) is 2.82. The molecule has 19 heavy (non-hydrogen) atoms. The number of aryl methyl sites for hydroxylation is 1. The first kappa shape index (κ1) is 14.4. The minimum atomic E-state index is -0.611. The number of nitrogens with one attached hydrogen (secondary N) is 1. The SMILES string of the molecule is CCNCc1cc(C)ccc1OCC1(O)CCCC1. The van der Waals surface area contributed by atoms with Crippen LogP contribution >= 0.6 is 0 Å². The number of aliphatic hydroxyl groups is 1. The van der Waals surface area contributed by atoms with E-state index in [1.165, 1.54) is 11.1 Å². The van der Waals surface area contributed by atoms with Crippen LogP contribution in [0.3, 0.4) is 0 Å². The van der Waals surface area contributed by atoms with Gasteiger partial charge in [-0.15, -0.1) is 0 Å². The highest BCUT2D eigenvalue weighted by Gasteiger charge is 2.32. The summed E-state index contributed by atoms with van der Waals surface area (Å²) in [6.07, 6.45) is 3.94. The number of rotatable bonds is 6. The molecule has 1 aliphatic rings. The maximum Gasteiger partial charge on any atom is 0.123 e. The van der Waals surface area contributed by atoms with Crippen molar-refractivity contribution in [1.82, 2.24) is 5.32 Å². The molecule has 0 amide bonds. The molecule has 2 rings (SSSR count). The van der Waals surface area contributed by atoms with Gasteiger partial charge in [-0.25, -0.2) is 0 Å². The molecular weight excluding hydrogens is 238 g/mol. The molecule has 1 aromatic carbocycles. The second-order valence-electron chi connectivity index (χ2n) is 5.61. The van der Waals surface area contributed by atoms with E-state index >= 15 is 0 Å². The van der Waals surface area contributed by atoms with E-state index in [0.717, 1.165) is 44.5 Å². The molecule has 0 spiro atoms. The molecule has 1 fully saturated rings. The van der Waals surface area contributed by atoms with Crippen molar-refractivity contribution in [2.45, 2.75) is 51.7 Å². The Morgan fingerprint density at radius 2 is 2.05 bits per heavy atom. The van der Waals surface area contributed by atoms with Gasteiger partial charge in [0, 0.05) is 12.1 Å². The summed E-state index contributed by atoms with van der Waals surface area (Å²) in [6, 6.07) is 6.22. The van der Waals surface area contributed by atoms with Gasteiger partial charge in [-0.2, -0.15) is 0 Å². The Kier molecular flexibility index (Phi) is 4.83. The van der Waals surface area contributed by atoms with E-state index in [9.17, 15) is 5.11 Å². The zero-order chi connectivity index (χ0) is 13.7. The number of ether oxygens (including phenoxy) is 1. The van der Waals surface area contributed by atoms with E-state index < -0.39 is 5.60 Å². The summed E-state index contributed by atoms with van der Waals surface area (Å²) >= 11 is 0. The molecule has 0 radical (unpaired) electrons. The fourth-order valence-electron chi connectivity index (χ4n) is 2.64. The van der Waals surface area contributed by atoms with Gasteiger partial charge >= 0.3 is 0 Å². The summed E-state index contributed by atoms with van der Waals surface area (Å²) in [5.74, 6) is 0.895. The second-order valence-corrected chi connectivity index (χ2v) is 5.61. The van der Waals surface area contributed by atoms with Gasteiger partial charge < -0.3 is 15.2 Å². The molecule has 1 aliphatic carbocycles. The highest BCUT2D eigenvalue weighted by atomic mass is 16.5. The standard InChI is InChI=1S/C16H25NO2/c1-3-17-11-14-10-13(2)6-7-15(14)19-12-16(18)8-4-5-9-16/h6-7,10,17-18H,3-5,8-9,11-12H2,1-2H3. The molecule has 1 aromatic rings. The van der Waals surface area contributed by atoms with E-state index in [1.54, 1.807) is 0 Å². The predicted molar refractivity (Wildman–Crippen MR) is 77.5 cm³/mol. The number of hydrogen-bond donors (Lipinski definition) is 2. The normalized spacial score (nSPS) is 17.6. The third-order valence-electron chi connectivity index (χ3n) is 3.81. The Balaban J connectivity index is 2.02. The molecule has 106 valence electrons. The largest absolute Gasteiger partial charge is 0.490 e. The van der Waals surface area contributed by atoms with Crippen LogP contribution in [-0.4, -0.2) is 23.9 Å². The summed E-state index contributed by atoms with van der Waals surface area (Å²) in [4.78, 5) is 0. The first-order chi connectivity index (χ1) is 9.13. The fourth-order valence-corrected chi connectivity index (χ4v) is 2.64. The van der Waals surface area contributed by atoms with Crippen molar-refractivity contribution < 1.29 is 9.84 Å². The van der Waals surface area contributed by atoms with Crippen molar-refractivity contribution in [3.8, 4) is 5.75 Å². The second kappa shape index (κ2) is 6.40.